The molecular weight excluding hydrogens is 601 g/mol. The van der Waals surface area contributed by atoms with Crippen LogP contribution in [0.1, 0.15) is 46.9 Å². The number of urea groups is 1. The van der Waals surface area contributed by atoms with E-state index < -0.39 is 0 Å². The number of carbonyl (C=O) groups is 3. The van der Waals surface area contributed by atoms with Gasteiger partial charge in [0.05, 0.1) is 18.9 Å². The van der Waals surface area contributed by atoms with E-state index in [0.717, 1.165) is 11.1 Å². The number of benzene rings is 1. The number of rotatable bonds is 13. The van der Waals surface area contributed by atoms with Crippen molar-refractivity contribution in [2.75, 3.05) is 32.7 Å². The number of carboxylic acid groups (broad SMARTS) is 1. The Morgan fingerprint density at radius 2 is 1.91 bits per heavy atom. The van der Waals surface area contributed by atoms with Gasteiger partial charge in [0.2, 0.25) is 0 Å². The molecule has 1 aliphatic rings. The number of piperazine rings is 1. The maximum atomic E-state index is 13.6. The molecule has 2 heterocycles. The minimum Gasteiger partial charge on any atom is -0.483 e. The van der Waals surface area contributed by atoms with Gasteiger partial charge in [-0.25, -0.2) is 9.18 Å². The van der Waals surface area contributed by atoms with Crippen LogP contribution < -0.4 is 10.6 Å². The van der Waals surface area contributed by atoms with Crippen LogP contribution in [0.2, 0.25) is 0 Å². The van der Waals surface area contributed by atoms with E-state index in [9.17, 15) is 14.0 Å². The lowest BCUT2D eigenvalue weighted by Gasteiger charge is -2.33. The lowest BCUT2D eigenvalue weighted by Crippen LogP contribution is -2.51. The minimum absolute atomic E-state index is 0.180. The monoisotopic (exact) mass is 645 g/mol. The van der Waals surface area contributed by atoms with Crippen molar-refractivity contribution >= 4 is 36.4 Å². The third kappa shape index (κ3) is 11.8. The van der Waals surface area contributed by atoms with E-state index >= 15 is 0 Å². The van der Waals surface area contributed by atoms with Crippen LogP contribution in [0.3, 0.4) is 0 Å². The van der Waals surface area contributed by atoms with Crippen molar-refractivity contribution in [1.82, 2.24) is 20.4 Å². The van der Waals surface area contributed by atoms with Crippen LogP contribution in [0.25, 0.3) is 11.6 Å². The molecule has 3 N–H and O–H groups in total. The highest BCUT2D eigenvalue weighted by molar-refractivity contribution is 5.94. The number of nitrogens with zero attached hydrogens (tertiary/aromatic N) is 3. The lowest BCUT2D eigenvalue weighted by atomic mass is 10.0. The Kier molecular flexibility index (Phi) is 15.9. The largest absolute Gasteiger partial charge is 0.483 e. The van der Waals surface area contributed by atoms with E-state index in [4.69, 9.17) is 14.3 Å². The first-order valence-corrected chi connectivity index (χ1v) is 15.1. The van der Waals surface area contributed by atoms with Gasteiger partial charge in [0.15, 0.2) is 5.76 Å². The quantitative estimate of drug-likeness (QED) is 0.0806. The van der Waals surface area contributed by atoms with Crippen molar-refractivity contribution < 1.29 is 28.3 Å². The molecule has 250 valence electrons. The van der Waals surface area contributed by atoms with Crippen molar-refractivity contribution in [1.29, 1.82) is 0 Å². The van der Waals surface area contributed by atoms with Crippen LogP contribution >= 0.6 is 0 Å². The highest BCUT2D eigenvalue weighted by Crippen LogP contribution is 2.26. The summed E-state index contributed by atoms with van der Waals surface area (Å²) < 4.78 is 19.7. The van der Waals surface area contributed by atoms with Gasteiger partial charge in [-0.15, -0.1) is 0 Å². The molecule has 0 saturated carbocycles. The molecule has 10 nitrogen and oxygen atoms in total. The number of hydrogen-bond donors (Lipinski definition) is 3. The second kappa shape index (κ2) is 19.8. The lowest BCUT2D eigenvalue weighted by molar-refractivity contribution is -0.122. The van der Waals surface area contributed by atoms with Crippen molar-refractivity contribution in [3.05, 3.63) is 120 Å². The van der Waals surface area contributed by atoms with Crippen LogP contribution in [-0.4, -0.2) is 78.4 Å². The molecule has 1 saturated heterocycles. The van der Waals surface area contributed by atoms with Crippen LogP contribution in [0.15, 0.2) is 95.6 Å². The van der Waals surface area contributed by atoms with Crippen LogP contribution in [0.5, 0.6) is 0 Å². The molecule has 1 aromatic carbocycles. The number of aliphatic imine (C=N–C) groups is 1. The Labute approximate surface area is 276 Å². The molecule has 3 amide bonds. The first-order chi connectivity index (χ1) is 22.6. The number of hydrogen-bond acceptors (Lipinski definition) is 5. The van der Waals surface area contributed by atoms with E-state index in [1.165, 1.54) is 12.1 Å². The summed E-state index contributed by atoms with van der Waals surface area (Å²) in [5.74, 6) is 0.150. The molecule has 0 spiro atoms. The van der Waals surface area contributed by atoms with Crippen molar-refractivity contribution in [3.63, 3.8) is 0 Å². The molecule has 47 heavy (non-hydrogen) atoms. The standard InChI is InChI=1S/C35H42FN5O3.CH2O2/c1-7-12-29(9-3)39-35(43)41-20-18-40(19-21-41)24-37-23-30(13-8-2)38-34(42)33-26(6)31(10-4)32(44-33)17-16-25(5)27-14-11-15-28(36)22-27;2-1-3/h7-9,11-17,22,24,30H,1,3,5,10,18-21,23H2,2,4,6H3,(H,38,42)(H,39,43);1H,(H,2,3)/b13-8-,17-16-,29-12+,37-24?;. The number of carbonyl (C=O) groups excluding carboxylic acids is 2. The number of furan rings is 1. The molecule has 3 rings (SSSR count). The highest BCUT2D eigenvalue weighted by Gasteiger charge is 2.23. The molecule has 0 aliphatic carbocycles. The summed E-state index contributed by atoms with van der Waals surface area (Å²) in [5, 5.41) is 12.7. The molecule has 1 fully saturated rings. The van der Waals surface area contributed by atoms with Gasteiger partial charge in [-0.1, -0.05) is 63.1 Å². The summed E-state index contributed by atoms with van der Waals surface area (Å²) in [6.07, 6.45) is 14.6. The van der Waals surface area contributed by atoms with E-state index in [2.05, 4.69) is 35.4 Å². The zero-order valence-electron chi connectivity index (χ0n) is 27.2. The fourth-order valence-corrected chi connectivity index (χ4v) is 4.75. The van der Waals surface area contributed by atoms with Crippen LogP contribution in [0, 0.1) is 12.7 Å². The van der Waals surface area contributed by atoms with E-state index in [-0.39, 0.29) is 36.0 Å². The number of amides is 3. The summed E-state index contributed by atoms with van der Waals surface area (Å²) >= 11 is 0. The van der Waals surface area contributed by atoms with Gasteiger partial charge in [-0.2, -0.15) is 0 Å². The maximum Gasteiger partial charge on any atom is 0.321 e. The Balaban J connectivity index is 0.00000246. The van der Waals surface area contributed by atoms with Gasteiger partial charge in [-0.05, 0) is 61.8 Å². The summed E-state index contributed by atoms with van der Waals surface area (Å²) in [6, 6.07) is 5.71. The van der Waals surface area contributed by atoms with Crippen LogP contribution in [-0.2, 0) is 11.2 Å². The predicted octanol–water partition coefficient (Wildman–Crippen LogP) is 6.00. The van der Waals surface area contributed by atoms with Crippen LogP contribution in [0.4, 0.5) is 9.18 Å². The average molecular weight is 646 g/mol. The van der Waals surface area contributed by atoms with E-state index in [1.807, 2.05) is 37.8 Å². The second-order valence-corrected chi connectivity index (χ2v) is 10.3. The fourth-order valence-electron chi connectivity index (χ4n) is 4.75. The van der Waals surface area contributed by atoms with Crippen molar-refractivity contribution in [3.8, 4) is 0 Å². The molecular formula is C36H44FN5O5. The molecule has 1 aliphatic heterocycles. The molecule has 11 heteroatoms. The molecule has 2 aromatic rings. The van der Waals surface area contributed by atoms with Gasteiger partial charge in [0, 0.05) is 43.0 Å². The van der Waals surface area contributed by atoms with Gasteiger partial charge in [0.25, 0.3) is 12.4 Å². The first-order valence-electron chi connectivity index (χ1n) is 15.1. The second-order valence-electron chi connectivity index (χ2n) is 10.3. The molecule has 1 atom stereocenters. The van der Waals surface area contributed by atoms with Gasteiger partial charge < -0.3 is 30.0 Å². The van der Waals surface area contributed by atoms with Crippen molar-refractivity contribution in [2.24, 2.45) is 4.99 Å². The summed E-state index contributed by atoms with van der Waals surface area (Å²) in [4.78, 5) is 42.5. The minimum atomic E-state index is -0.342. The summed E-state index contributed by atoms with van der Waals surface area (Å²) in [7, 11) is 0. The van der Waals surface area contributed by atoms with Gasteiger partial charge in [0.1, 0.15) is 11.6 Å². The third-order valence-electron chi connectivity index (χ3n) is 7.15. The maximum absolute atomic E-state index is 13.6. The first kappa shape index (κ1) is 37.7. The Hall–Kier alpha value is -5.45. The Morgan fingerprint density at radius 1 is 1.21 bits per heavy atom. The number of halogens is 1. The van der Waals surface area contributed by atoms with Crippen molar-refractivity contribution in [2.45, 2.75) is 33.2 Å². The number of allylic oxidation sites excluding steroid dienone is 6. The Morgan fingerprint density at radius 3 is 2.51 bits per heavy atom. The molecule has 0 radical (unpaired) electrons. The zero-order chi connectivity index (χ0) is 34.8. The summed E-state index contributed by atoms with van der Waals surface area (Å²) in [5.41, 5.74) is 3.59. The van der Waals surface area contributed by atoms with E-state index in [1.54, 1.807) is 53.8 Å². The Bertz CT molecular complexity index is 1530. The molecule has 1 aromatic heterocycles. The topological polar surface area (TPSA) is 127 Å². The highest BCUT2D eigenvalue weighted by atomic mass is 19.1. The average Bonchev–Trinajstić information content (AvgIpc) is 3.38. The molecule has 0 bridgehead atoms. The predicted molar refractivity (Wildman–Crippen MR) is 186 cm³/mol. The normalized spacial score (nSPS) is 14.1. The fraction of sp³-hybridized carbons (Fsp3) is 0.278. The number of nitrogens with one attached hydrogen (secondary N) is 2. The summed E-state index contributed by atoms with van der Waals surface area (Å²) in [6.45, 7) is 19.6. The SMILES string of the molecule is C=C/C=C(\C=C)NC(=O)N1CCN(C=NCC(/C=C\C)NC(=O)c2oc(/C=C\C(=C)c3cccc(F)c3)c(CC)c2C)CC1.O=CO. The van der Waals surface area contributed by atoms with E-state index in [0.29, 0.717) is 61.7 Å². The smallest absolute Gasteiger partial charge is 0.321 e. The molecule has 1 unspecified atom stereocenters. The zero-order valence-corrected chi connectivity index (χ0v) is 27.2. The van der Waals surface area contributed by atoms with Gasteiger partial charge >= 0.3 is 6.03 Å². The third-order valence-corrected chi connectivity index (χ3v) is 7.15. The van der Waals surface area contributed by atoms with Gasteiger partial charge in [-0.3, -0.25) is 14.6 Å².